The van der Waals surface area contributed by atoms with Crippen molar-refractivity contribution in [2.24, 2.45) is 5.92 Å². The monoisotopic (exact) mass is 711 g/mol. The number of aliphatic hydroxyl groups is 6. The second-order valence-corrected chi connectivity index (χ2v) is 13.6. The van der Waals surface area contributed by atoms with Crippen molar-refractivity contribution in [3.05, 3.63) is 0 Å². The van der Waals surface area contributed by atoms with E-state index < -0.39 is 98.4 Å². The van der Waals surface area contributed by atoms with Crippen LogP contribution in [0.3, 0.4) is 0 Å². The molecule has 1 aliphatic carbocycles. The van der Waals surface area contributed by atoms with Gasteiger partial charge in [-0.2, -0.15) is 12.6 Å². The number of amides is 1. The Labute approximate surface area is 285 Å². The van der Waals surface area contributed by atoms with Crippen LogP contribution in [0.1, 0.15) is 64.7 Å². The third-order valence-electron chi connectivity index (χ3n) is 9.63. The summed E-state index contributed by atoms with van der Waals surface area (Å²) in [6, 6.07) is 0. The molecule has 0 bridgehead atoms. The van der Waals surface area contributed by atoms with Crippen LogP contribution < -0.4 is 5.32 Å². The zero-order valence-electron chi connectivity index (χ0n) is 27.2. The second-order valence-electron chi connectivity index (χ2n) is 13.2. The minimum absolute atomic E-state index is 0.0429. The van der Waals surface area contributed by atoms with Crippen LogP contribution in [0.5, 0.6) is 0 Å². The number of hydrogen-bond acceptors (Lipinski definition) is 15. The van der Waals surface area contributed by atoms with Gasteiger partial charge in [0.05, 0.1) is 18.8 Å². The van der Waals surface area contributed by atoms with Crippen LogP contribution in [0.4, 0.5) is 0 Å². The fraction of sp³-hybridized carbons (Fsp3) is 0.935. The maximum Gasteiger partial charge on any atom is 0.332 e. The van der Waals surface area contributed by atoms with Gasteiger partial charge < -0.3 is 69.5 Å². The van der Waals surface area contributed by atoms with E-state index in [1.54, 1.807) is 0 Å². The Morgan fingerprint density at radius 3 is 2.25 bits per heavy atom. The highest BCUT2D eigenvalue weighted by molar-refractivity contribution is 7.80. The summed E-state index contributed by atoms with van der Waals surface area (Å²) in [6.07, 6.45) is -13.0. The third-order valence-corrected chi connectivity index (χ3v) is 9.95. The highest BCUT2D eigenvalue weighted by atomic mass is 32.1. The zero-order valence-corrected chi connectivity index (χ0v) is 28.1. The number of thiol groups is 1. The van der Waals surface area contributed by atoms with E-state index in [2.05, 4.69) is 17.9 Å². The summed E-state index contributed by atoms with van der Waals surface area (Å²) in [4.78, 5) is 24.6. The minimum Gasteiger partial charge on any atom is -0.479 e. The lowest BCUT2D eigenvalue weighted by atomic mass is 9.85. The van der Waals surface area contributed by atoms with Crippen LogP contribution in [0.2, 0.25) is 0 Å². The first-order valence-corrected chi connectivity index (χ1v) is 17.6. The van der Waals surface area contributed by atoms with Gasteiger partial charge >= 0.3 is 5.97 Å². The molecule has 14 atom stereocenters. The predicted molar refractivity (Wildman–Crippen MR) is 168 cm³/mol. The summed E-state index contributed by atoms with van der Waals surface area (Å²) in [5.41, 5.74) is 0. The quantitative estimate of drug-likeness (QED) is 0.0874. The van der Waals surface area contributed by atoms with Gasteiger partial charge in [0.15, 0.2) is 18.7 Å². The highest BCUT2D eigenvalue weighted by Crippen LogP contribution is 2.34. The van der Waals surface area contributed by atoms with Crippen LogP contribution in [0.25, 0.3) is 0 Å². The smallest absolute Gasteiger partial charge is 0.332 e. The van der Waals surface area contributed by atoms with E-state index in [0.717, 1.165) is 32.1 Å². The number of ether oxygens (including phenoxy) is 6. The molecule has 8 N–H and O–H groups in total. The second kappa shape index (κ2) is 18.9. The highest BCUT2D eigenvalue weighted by Gasteiger charge is 2.51. The number of carboxylic acids is 1. The lowest BCUT2D eigenvalue weighted by molar-refractivity contribution is -0.355. The van der Waals surface area contributed by atoms with Gasteiger partial charge in [0.2, 0.25) is 5.91 Å². The van der Waals surface area contributed by atoms with Gasteiger partial charge in [-0.1, -0.05) is 32.1 Å². The summed E-state index contributed by atoms with van der Waals surface area (Å²) in [6.45, 7) is 0.873. The number of aliphatic carboxylic acids is 1. The third kappa shape index (κ3) is 10.2. The largest absolute Gasteiger partial charge is 0.479 e. The van der Waals surface area contributed by atoms with E-state index in [-0.39, 0.29) is 44.2 Å². The average Bonchev–Trinajstić information content (AvgIpc) is 3.07. The van der Waals surface area contributed by atoms with Gasteiger partial charge in [-0.3, -0.25) is 4.79 Å². The molecule has 0 unspecified atom stereocenters. The van der Waals surface area contributed by atoms with E-state index in [1.807, 2.05) is 0 Å². The number of carbonyl (C=O) groups excluding carboxylic acids is 1. The summed E-state index contributed by atoms with van der Waals surface area (Å²) >= 11 is 4.13. The summed E-state index contributed by atoms with van der Waals surface area (Å²) in [5, 5.41) is 76.3. The number of carboxylic acid groups (broad SMARTS) is 1. The molecule has 0 radical (unpaired) electrons. The van der Waals surface area contributed by atoms with Crippen molar-refractivity contribution in [3.63, 3.8) is 0 Å². The molecule has 0 aromatic heterocycles. The van der Waals surface area contributed by atoms with Crippen molar-refractivity contribution in [1.29, 1.82) is 0 Å². The Morgan fingerprint density at radius 2 is 1.58 bits per heavy atom. The summed E-state index contributed by atoms with van der Waals surface area (Å²) in [5.74, 6) is -0.870. The number of aliphatic hydroxyl groups excluding tert-OH is 6. The average molecular weight is 712 g/mol. The van der Waals surface area contributed by atoms with Crippen LogP contribution >= 0.6 is 12.6 Å². The number of rotatable bonds is 15. The Balaban J connectivity index is 1.52. The van der Waals surface area contributed by atoms with Gasteiger partial charge in [-0.05, 0) is 37.9 Å². The van der Waals surface area contributed by atoms with Crippen molar-refractivity contribution in [3.8, 4) is 0 Å². The van der Waals surface area contributed by atoms with Crippen molar-refractivity contribution < 1.29 is 73.8 Å². The fourth-order valence-corrected chi connectivity index (χ4v) is 6.94. The molecule has 48 heavy (non-hydrogen) atoms. The molecule has 16 nitrogen and oxygen atoms in total. The molecule has 3 heterocycles. The van der Waals surface area contributed by atoms with Gasteiger partial charge in [0.25, 0.3) is 0 Å². The Hall–Kier alpha value is -1.19. The first-order chi connectivity index (χ1) is 22.9. The maximum absolute atomic E-state index is 12.4. The van der Waals surface area contributed by atoms with Gasteiger partial charge in [0, 0.05) is 19.6 Å². The molecule has 0 aromatic carbocycles. The SMILES string of the molecule is C[C@@H]1O[C@@H](O[C@@H]2[C@@H](CNC(=O)CCCS)OCC[C@H]2O[C@@H]2O[C@H](CO)[C@H](O)[C@H](O[C@@H](CC3CCCCC3)C(=O)O)[C@H]2O)[C@@H](O)[C@H](O)[C@@H]1O. The van der Waals surface area contributed by atoms with E-state index in [4.69, 9.17) is 28.4 Å². The molecule has 0 spiro atoms. The number of carbonyl (C=O) groups is 2. The van der Waals surface area contributed by atoms with Crippen molar-refractivity contribution in [1.82, 2.24) is 5.32 Å². The molecule has 4 fully saturated rings. The normalized spacial score (nSPS) is 40.3. The van der Waals surface area contributed by atoms with E-state index in [9.17, 15) is 45.3 Å². The van der Waals surface area contributed by atoms with Crippen molar-refractivity contribution in [2.45, 2.75) is 151 Å². The molecule has 3 aliphatic heterocycles. The molecule has 3 saturated heterocycles. The van der Waals surface area contributed by atoms with Gasteiger partial charge in [0.1, 0.15) is 54.9 Å². The Kier molecular flexibility index (Phi) is 15.6. The van der Waals surface area contributed by atoms with E-state index >= 15 is 0 Å². The van der Waals surface area contributed by atoms with Crippen LogP contribution in [0, 0.1) is 5.92 Å². The van der Waals surface area contributed by atoms with Crippen LogP contribution in [-0.4, -0.2) is 159 Å². The Morgan fingerprint density at radius 1 is 0.875 bits per heavy atom. The van der Waals surface area contributed by atoms with Gasteiger partial charge in [-0.25, -0.2) is 4.79 Å². The van der Waals surface area contributed by atoms with Crippen molar-refractivity contribution >= 4 is 24.5 Å². The van der Waals surface area contributed by atoms with Crippen LogP contribution in [0.15, 0.2) is 0 Å². The zero-order chi connectivity index (χ0) is 35.0. The fourth-order valence-electron chi connectivity index (χ4n) is 6.78. The molecular weight excluding hydrogens is 658 g/mol. The molecule has 1 saturated carbocycles. The predicted octanol–water partition coefficient (Wildman–Crippen LogP) is -1.55. The topological polar surface area (TPSA) is 243 Å². The summed E-state index contributed by atoms with van der Waals surface area (Å²) < 4.78 is 35.5. The first kappa shape index (κ1) is 39.6. The number of nitrogens with one attached hydrogen (secondary N) is 1. The number of hydrogen-bond donors (Lipinski definition) is 9. The molecule has 4 rings (SSSR count). The summed E-state index contributed by atoms with van der Waals surface area (Å²) in [7, 11) is 0. The molecule has 0 aromatic rings. The molecule has 278 valence electrons. The molecular formula is C31H53NO15S. The Bertz CT molecular complexity index is 1010. The standard InChI is InChI=1S/C31H53NO15S/c1-15-22(35)24(37)25(38)30(43-15)47-27-17(9-10-42-19(27)13-32-21(34)8-5-11-48)45-31-26(39)28(23(36)20(14-33)46-31)44-18(29(40)41)12-16-6-3-2-4-7-16/h15-20,22-28,30-31,33,35-39,48H,2-14H2,1H3,(H,32,34)(H,40,41)/t15-,17+,18-,19+,20+,22+,23-,24+,25-,26+,27-,28-,30-,31+/m0/s1. The van der Waals surface area contributed by atoms with Crippen molar-refractivity contribution in [2.75, 3.05) is 25.5 Å². The molecule has 17 heteroatoms. The van der Waals surface area contributed by atoms with Crippen LogP contribution in [-0.2, 0) is 38.0 Å². The lowest BCUT2D eigenvalue weighted by Gasteiger charge is -2.47. The minimum atomic E-state index is -1.70. The lowest BCUT2D eigenvalue weighted by Crippen LogP contribution is -2.64. The maximum atomic E-state index is 12.4. The van der Waals surface area contributed by atoms with Gasteiger partial charge in [-0.15, -0.1) is 0 Å². The molecule has 1 amide bonds. The molecule has 4 aliphatic rings. The van der Waals surface area contributed by atoms with E-state index in [0.29, 0.717) is 12.2 Å². The first-order valence-electron chi connectivity index (χ1n) is 17.0. The van der Waals surface area contributed by atoms with E-state index in [1.165, 1.54) is 6.92 Å².